The number of ether oxygens (including phenoxy) is 1. The van der Waals surface area contributed by atoms with Crippen molar-refractivity contribution in [3.63, 3.8) is 0 Å². The molecule has 0 saturated heterocycles. The summed E-state index contributed by atoms with van der Waals surface area (Å²) < 4.78 is 42.3. The number of amides is 1. The maximum atomic E-state index is 12.4. The third-order valence-electron chi connectivity index (χ3n) is 2.07. The van der Waals surface area contributed by atoms with Crippen molar-refractivity contribution >= 4 is 23.2 Å². The topological polar surface area (TPSA) is 62.4 Å². The van der Waals surface area contributed by atoms with Crippen LogP contribution in [0.15, 0.2) is 24.3 Å². The molecule has 110 valence electrons. The van der Waals surface area contributed by atoms with Gasteiger partial charge in [-0.3, -0.25) is 15.6 Å². The Morgan fingerprint density at radius 1 is 1.35 bits per heavy atom. The molecule has 0 saturated carbocycles. The molecule has 5 nitrogen and oxygen atoms in total. The summed E-state index contributed by atoms with van der Waals surface area (Å²) >= 11 is 4.71. The van der Waals surface area contributed by atoms with Gasteiger partial charge in [0.1, 0.15) is 5.75 Å². The number of carbonyl (C=O) groups excluding carboxylic acids is 1. The number of nitrogens with one attached hydrogen (secondary N) is 3. The highest BCUT2D eigenvalue weighted by molar-refractivity contribution is 7.80. The van der Waals surface area contributed by atoms with Crippen LogP contribution >= 0.6 is 12.2 Å². The van der Waals surface area contributed by atoms with E-state index in [2.05, 4.69) is 16.2 Å². The van der Waals surface area contributed by atoms with Crippen LogP contribution < -0.4 is 20.9 Å². The molecule has 1 aromatic carbocycles. The summed E-state index contributed by atoms with van der Waals surface area (Å²) in [5, 5.41) is 2.75. The fourth-order valence-corrected chi connectivity index (χ4v) is 1.19. The summed E-state index contributed by atoms with van der Waals surface area (Å²) in [7, 11) is 1.56. The van der Waals surface area contributed by atoms with Gasteiger partial charge in [0.05, 0.1) is 5.56 Å². The molecule has 0 aromatic heterocycles. The van der Waals surface area contributed by atoms with Crippen LogP contribution in [0.1, 0.15) is 5.56 Å². The minimum absolute atomic E-state index is 0.0498. The average Bonchev–Trinajstić information content (AvgIpc) is 2.41. The third kappa shape index (κ3) is 5.31. The van der Waals surface area contributed by atoms with Gasteiger partial charge in [0.15, 0.2) is 11.7 Å². The lowest BCUT2D eigenvalue weighted by atomic mass is 10.2. The summed E-state index contributed by atoms with van der Waals surface area (Å²) in [4.78, 5) is 11.3. The smallest absolute Gasteiger partial charge is 0.416 e. The largest absolute Gasteiger partial charge is 0.484 e. The van der Waals surface area contributed by atoms with Gasteiger partial charge >= 0.3 is 6.18 Å². The molecule has 0 radical (unpaired) electrons. The number of rotatable bonds is 3. The highest BCUT2D eigenvalue weighted by Crippen LogP contribution is 2.31. The predicted octanol–water partition coefficient (Wildman–Crippen LogP) is 1.21. The van der Waals surface area contributed by atoms with Crippen LogP contribution in [0.25, 0.3) is 0 Å². The first-order chi connectivity index (χ1) is 9.32. The Bertz CT molecular complexity index is 494. The molecule has 0 spiro atoms. The van der Waals surface area contributed by atoms with Gasteiger partial charge in [0.25, 0.3) is 5.91 Å². The lowest BCUT2D eigenvalue weighted by Crippen LogP contribution is -2.47. The van der Waals surface area contributed by atoms with Crippen molar-refractivity contribution < 1.29 is 22.7 Å². The lowest BCUT2D eigenvalue weighted by molar-refractivity contribution is -0.137. The first-order valence-corrected chi connectivity index (χ1v) is 5.80. The molecule has 9 heteroatoms. The summed E-state index contributed by atoms with van der Waals surface area (Å²) in [6, 6.07) is 4.26. The van der Waals surface area contributed by atoms with Crippen molar-refractivity contribution in [3.05, 3.63) is 29.8 Å². The normalized spacial score (nSPS) is 10.6. The molecule has 0 heterocycles. The van der Waals surface area contributed by atoms with Crippen molar-refractivity contribution in [1.82, 2.24) is 16.2 Å². The van der Waals surface area contributed by atoms with E-state index >= 15 is 0 Å². The molecule has 1 aromatic rings. The Hall–Kier alpha value is -2.03. The second-order valence-corrected chi connectivity index (χ2v) is 3.97. The van der Waals surface area contributed by atoms with Gasteiger partial charge in [0, 0.05) is 7.05 Å². The van der Waals surface area contributed by atoms with Crippen LogP contribution in [-0.2, 0) is 11.0 Å². The molecule has 0 aliphatic heterocycles. The van der Waals surface area contributed by atoms with Crippen LogP contribution in [0.5, 0.6) is 5.75 Å². The number of hydrogen-bond acceptors (Lipinski definition) is 3. The maximum absolute atomic E-state index is 12.4. The Kier molecular flexibility index (Phi) is 5.56. The fourth-order valence-electron chi connectivity index (χ4n) is 1.14. The molecule has 0 bridgehead atoms. The second-order valence-electron chi connectivity index (χ2n) is 3.57. The summed E-state index contributed by atoms with van der Waals surface area (Å²) in [6.45, 7) is -0.444. The third-order valence-corrected chi connectivity index (χ3v) is 2.38. The van der Waals surface area contributed by atoms with Crippen LogP contribution in [-0.4, -0.2) is 24.7 Å². The molecule has 20 heavy (non-hydrogen) atoms. The molecule has 3 N–H and O–H groups in total. The Balaban J connectivity index is 2.50. The highest BCUT2D eigenvalue weighted by Gasteiger charge is 2.30. The van der Waals surface area contributed by atoms with E-state index in [9.17, 15) is 18.0 Å². The number of carbonyl (C=O) groups is 1. The molecule has 1 amide bonds. The van der Waals surface area contributed by atoms with Crippen LogP contribution in [0.4, 0.5) is 13.2 Å². The Labute approximate surface area is 118 Å². The van der Waals surface area contributed by atoms with Crippen molar-refractivity contribution in [1.29, 1.82) is 0 Å². The maximum Gasteiger partial charge on any atom is 0.416 e. The van der Waals surface area contributed by atoms with E-state index in [1.165, 1.54) is 12.1 Å². The molecule has 0 fully saturated rings. The minimum Gasteiger partial charge on any atom is -0.484 e. The Morgan fingerprint density at radius 2 is 2.05 bits per heavy atom. The van der Waals surface area contributed by atoms with E-state index in [0.29, 0.717) is 0 Å². The van der Waals surface area contributed by atoms with Gasteiger partial charge in [-0.1, -0.05) is 6.07 Å². The van der Waals surface area contributed by atoms with Gasteiger partial charge in [-0.05, 0) is 30.4 Å². The number of hydrazine groups is 1. The summed E-state index contributed by atoms with van der Waals surface area (Å²) in [5.41, 5.74) is 3.73. The minimum atomic E-state index is -4.46. The molecule has 0 aliphatic carbocycles. The second kappa shape index (κ2) is 6.94. The van der Waals surface area contributed by atoms with Gasteiger partial charge in [0.2, 0.25) is 0 Å². The standard InChI is InChI=1S/C11H12F3N3O2S/c1-15-10(20)17-16-9(18)6-19-8-4-2-3-7(5-8)11(12,13)14/h2-5H,6H2,1H3,(H,16,18)(H2,15,17,20). The number of hydrogen-bond donors (Lipinski definition) is 3. The molecular weight excluding hydrogens is 295 g/mol. The SMILES string of the molecule is CNC(=S)NNC(=O)COc1cccc(C(F)(F)F)c1. The zero-order valence-corrected chi connectivity index (χ0v) is 11.2. The zero-order valence-electron chi connectivity index (χ0n) is 10.4. The summed E-state index contributed by atoms with van der Waals surface area (Å²) in [5.74, 6) is -0.633. The number of thiocarbonyl (C=S) groups is 1. The first kappa shape index (κ1) is 16.0. The first-order valence-electron chi connectivity index (χ1n) is 5.39. The molecule has 0 aliphatic rings. The number of halogens is 3. The van der Waals surface area contributed by atoms with Crippen molar-refractivity contribution in [3.8, 4) is 5.75 Å². The quantitative estimate of drug-likeness (QED) is 0.579. The van der Waals surface area contributed by atoms with Crippen molar-refractivity contribution in [2.24, 2.45) is 0 Å². The number of benzene rings is 1. The summed E-state index contributed by atoms with van der Waals surface area (Å²) in [6.07, 6.45) is -4.46. The van der Waals surface area contributed by atoms with Crippen molar-refractivity contribution in [2.75, 3.05) is 13.7 Å². The predicted molar refractivity (Wildman–Crippen MR) is 69.9 cm³/mol. The monoisotopic (exact) mass is 307 g/mol. The number of alkyl halides is 3. The van der Waals surface area contributed by atoms with E-state index in [4.69, 9.17) is 17.0 Å². The Morgan fingerprint density at radius 3 is 2.65 bits per heavy atom. The van der Waals surface area contributed by atoms with E-state index in [-0.39, 0.29) is 10.9 Å². The van der Waals surface area contributed by atoms with Crippen LogP contribution in [0.3, 0.4) is 0 Å². The zero-order chi connectivity index (χ0) is 15.2. The molecular formula is C11H12F3N3O2S. The van der Waals surface area contributed by atoms with Gasteiger partial charge in [-0.2, -0.15) is 13.2 Å². The van der Waals surface area contributed by atoms with E-state index in [0.717, 1.165) is 12.1 Å². The lowest BCUT2D eigenvalue weighted by Gasteiger charge is -2.11. The molecule has 1 rings (SSSR count). The van der Waals surface area contributed by atoms with Gasteiger partial charge in [-0.15, -0.1) is 0 Å². The van der Waals surface area contributed by atoms with E-state index < -0.39 is 24.3 Å². The van der Waals surface area contributed by atoms with Crippen molar-refractivity contribution in [2.45, 2.75) is 6.18 Å². The van der Waals surface area contributed by atoms with E-state index in [1.807, 2.05) is 0 Å². The van der Waals surface area contributed by atoms with E-state index in [1.54, 1.807) is 7.05 Å². The van der Waals surface area contributed by atoms with Gasteiger partial charge in [-0.25, -0.2) is 0 Å². The molecule has 0 unspecified atom stereocenters. The van der Waals surface area contributed by atoms with Crippen LogP contribution in [0, 0.1) is 0 Å². The van der Waals surface area contributed by atoms with Crippen LogP contribution in [0.2, 0.25) is 0 Å². The fraction of sp³-hybridized carbons (Fsp3) is 0.273. The highest BCUT2D eigenvalue weighted by atomic mass is 32.1. The van der Waals surface area contributed by atoms with Gasteiger partial charge < -0.3 is 10.1 Å². The average molecular weight is 307 g/mol. The molecule has 0 atom stereocenters.